The lowest BCUT2D eigenvalue weighted by Gasteiger charge is -2.11. The summed E-state index contributed by atoms with van der Waals surface area (Å²) in [6.45, 7) is 2.16. The third-order valence-electron chi connectivity index (χ3n) is 3.04. The minimum Gasteiger partial charge on any atom is -0.493 e. The van der Waals surface area contributed by atoms with Gasteiger partial charge in [0.1, 0.15) is 0 Å². The van der Waals surface area contributed by atoms with E-state index in [1.165, 1.54) is 14.2 Å². The normalized spacial score (nSPS) is 10.0. The van der Waals surface area contributed by atoms with Gasteiger partial charge in [-0.3, -0.25) is 9.59 Å². The maximum atomic E-state index is 12.2. The predicted octanol–water partition coefficient (Wildman–Crippen LogP) is 3.01. The van der Waals surface area contributed by atoms with Crippen LogP contribution in [0.3, 0.4) is 0 Å². The van der Waals surface area contributed by atoms with Gasteiger partial charge < -0.3 is 14.2 Å². The highest BCUT2D eigenvalue weighted by atomic mass is 16.5. The van der Waals surface area contributed by atoms with Gasteiger partial charge >= 0.3 is 5.97 Å². The molecule has 0 amide bonds. The Morgan fingerprint density at radius 1 is 1.05 bits per heavy atom. The Bertz CT molecular complexity index is 482. The van der Waals surface area contributed by atoms with E-state index in [0.717, 1.165) is 0 Å². The van der Waals surface area contributed by atoms with E-state index in [0.29, 0.717) is 49.4 Å². The van der Waals surface area contributed by atoms with Gasteiger partial charge in [-0.2, -0.15) is 0 Å². The molecule has 0 atom stereocenters. The quantitative estimate of drug-likeness (QED) is 0.398. The van der Waals surface area contributed by atoms with Crippen LogP contribution >= 0.6 is 0 Å². The van der Waals surface area contributed by atoms with E-state index in [2.05, 4.69) is 0 Å². The smallest absolute Gasteiger partial charge is 0.305 e. The molecular weight excluding hydrogens is 272 g/mol. The van der Waals surface area contributed by atoms with Gasteiger partial charge in [0, 0.05) is 12.8 Å². The molecule has 1 aromatic carbocycles. The van der Waals surface area contributed by atoms with Gasteiger partial charge in [0.25, 0.3) is 0 Å². The van der Waals surface area contributed by atoms with E-state index >= 15 is 0 Å². The first-order chi connectivity index (χ1) is 10.1. The van der Waals surface area contributed by atoms with Crippen LogP contribution in [0.15, 0.2) is 18.2 Å². The summed E-state index contributed by atoms with van der Waals surface area (Å²) in [6, 6.07) is 5.22. The monoisotopic (exact) mass is 294 g/mol. The molecule has 0 N–H and O–H groups in total. The van der Waals surface area contributed by atoms with E-state index in [4.69, 9.17) is 14.2 Å². The number of methoxy groups -OCH3 is 2. The van der Waals surface area contributed by atoms with Crippen molar-refractivity contribution in [3.63, 3.8) is 0 Å². The zero-order valence-electron chi connectivity index (χ0n) is 12.8. The van der Waals surface area contributed by atoms with Crippen LogP contribution in [0.1, 0.15) is 43.0 Å². The number of carbonyl (C=O) groups excluding carboxylic acids is 2. The van der Waals surface area contributed by atoms with Crippen LogP contribution in [-0.2, 0) is 9.53 Å². The topological polar surface area (TPSA) is 61.8 Å². The number of ether oxygens (including phenoxy) is 3. The van der Waals surface area contributed by atoms with Crippen molar-refractivity contribution in [2.75, 3.05) is 20.8 Å². The standard InChI is InChI=1S/C16H22O5/c1-4-21-15(18)11-6-5-9-13(17)12-8-7-10-14(19-2)16(12)20-3/h7-8,10H,4-6,9,11H2,1-3H3. The van der Waals surface area contributed by atoms with E-state index < -0.39 is 0 Å². The van der Waals surface area contributed by atoms with E-state index in [1.54, 1.807) is 25.1 Å². The Hall–Kier alpha value is -2.04. The molecule has 0 aromatic heterocycles. The highest BCUT2D eigenvalue weighted by Gasteiger charge is 2.16. The second-order valence-electron chi connectivity index (χ2n) is 4.48. The molecule has 5 heteroatoms. The third-order valence-corrected chi connectivity index (χ3v) is 3.04. The Morgan fingerprint density at radius 2 is 1.76 bits per heavy atom. The van der Waals surface area contributed by atoms with Gasteiger partial charge in [0.15, 0.2) is 17.3 Å². The molecule has 0 fully saturated rings. The maximum absolute atomic E-state index is 12.2. The Balaban J connectivity index is 2.54. The molecule has 1 rings (SSSR count). The summed E-state index contributed by atoms with van der Waals surface area (Å²) in [7, 11) is 3.04. The van der Waals surface area contributed by atoms with Crippen LogP contribution in [-0.4, -0.2) is 32.6 Å². The van der Waals surface area contributed by atoms with Crippen LogP contribution in [0, 0.1) is 0 Å². The summed E-state index contributed by atoms with van der Waals surface area (Å²) in [5, 5.41) is 0. The summed E-state index contributed by atoms with van der Waals surface area (Å²) in [6.07, 6.45) is 1.98. The zero-order chi connectivity index (χ0) is 15.7. The summed E-state index contributed by atoms with van der Waals surface area (Å²) in [5.41, 5.74) is 0.507. The fraction of sp³-hybridized carbons (Fsp3) is 0.500. The molecule has 0 spiro atoms. The molecule has 0 aliphatic carbocycles. The average Bonchev–Trinajstić information content (AvgIpc) is 2.50. The molecule has 0 aliphatic heterocycles. The number of hydrogen-bond acceptors (Lipinski definition) is 5. The summed E-state index contributed by atoms with van der Waals surface area (Å²) < 4.78 is 15.3. The van der Waals surface area contributed by atoms with Crippen LogP contribution in [0.25, 0.3) is 0 Å². The van der Waals surface area contributed by atoms with Crippen molar-refractivity contribution in [2.24, 2.45) is 0 Å². The molecule has 0 aliphatic rings. The first-order valence-electron chi connectivity index (χ1n) is 7.03. The number of Topliss-reactive ketones (excluding diaryl/α,β-unsaturated/α-hetero) is 1. The van der Waals surface area contributed by atoms with E-state index in [1.807, 2.05) is 0 Å². The molecule has 1 aromatic rings. The van der Waals surface area contributed by atoms with Crippen LogP contribution in [0.5, 0.6) is 11.5 Å². The molecule has 5 nitrogen and oxygen atoms in total. The summed E-state index contributed by atoms with van der Waals surface area (Å²) in [5.74, 6) is 0.754. The highest BCUT2D eigenvalue weighted by molar-refractivity contribution is 5.99. The number of rotatable bonds is 9. The number of benzene rings is 1. The van der Waals surface area contributed by atoms with Crippen molar-refractivity contribution in [3.8, 4) is 11.5 Å². The molecule has 116 valence electrons. The lowest BCUT2D eigenvalue weighted by Crippen LogP contribution is -2.06. The van der Waals surface area contributed by atoms with Crippen LogP contribution in [0.4, 0.5) is 0 Å². The van der Waals surface area contributed by atoms with Gasteiger partial charge in [0.2, 0.25) is 0 Å². The van der Waals surface area contributed by atoms with Crippen molar-refractivity contribution in [3.05, 3.63) is 23.8 Å². The van der Waals surface area contributed by atoms with E-state index in [-0.39, 0.29) is 11.8 Å². The molecule has 0 saturated carbocycles. The lowest BCUT2D eigenvalue weighted by molar-refractivity contribution is -0.143. The third kappa shape index (κ3) is 5.10. The second-order valence-corrected chi connectivity index (χ2v) is 4.48. The predicted molar refractivity (Wildman–Crippen MR) is 79.0 cm³/mol. The van der Waals surface area contributed by atoms with Crippen molar-refractivity contribution < 1.29 is 23.8 Å². The number of unbranched alkanes of at least 4 members (excludes halogenated alkanes) is 1. The molecule has 0 radical (unpaired) electrons. The van der Waals surface area contributed by atoms with Gasteiger partial charge in [-0.05, 0) is 31.9 Å². The fourth-order valence-electron chi connectivity index (χ4n) is 2.03. The first-order valence-corrected chi connectivity index (χ1v) is 7.03. The molecular formula is C16H22O5. The van der Waals surface area contributed by atoms with Gasteiger partial charge in [-0.15, -0.1) is 0 Å². The minimum atomic E-state index is -0.219. The van der Waals surface area contributed by atoms with Crippen LogP contribution in [0.2, 0.25) is 0 Å². The maximum Gasteiger partial charge on any atom is 0.305 e. The van der Waals surface area contributed by atoms with Gasteiger partial charge in [-0.1, -0.05) is 6.07 Å². The SMILES string of the molecule is CCOC(=O)CCCCC(=O)c1cccc(OC)c1OC. The molecule has 21 heavy (non-hydrogen) atoms. The number of ketones is 1. The average molecular weight is 294 g/mol. The van der Waals surface area contributed by atoms with Crippen LogP contribution < -0.4 is 9.47 Å². The summed E-state index contributed by atoms with van der Waals surface area (Å²) >= 11 is 0. The second kappa shape index (κ2) is 9.00. The van der Waals surface area contributed by atoms with Gasteiger partial charge in [-0.25, -0.2) is 0 Å². The van der Waals surface area contributed by atoms with Crippen molar-refractivity contribution in [1.82, 2.24) is 0 Å². The Morgan fingerprint density at radius 3 is 2.38 bits per heavy atom. The Labute approximate surface area is 125 Å². The lowest BCUT2D eigenvalue weighted by atomic mass is 10.0. The van der Waals surface area contributed by atoms with Crippen molar-refractivity contribution in [2.45, 2.75) is 32.6 Å². The number of carbonyl (C=O) groups is 2. The van der Waals surface area contributed by atoms with Crippen molar-refractivity contribution >= 4 is 11.8 Å². The number of para-hydroxylation sites is 1. The van der Waals surface area contributed by atoms with Gasteiger partial charge in [0.05, 0.1) is 26.4 Å². The summed E-state index contributed by atoms with van der Waals surface area (Å²) in [4.78, 5) is 23.4. The fourth-order valence-corrected chi connectivity index (χ4v) is 2.03. The molecule has 0 heterocycles. The largest absolute Gasteiger partial charge is 0.493 e. The molecule has 0 saturated heterocycles. The number of esters is 1. The highest BCUT2D eigenvalue weighted by Crippen LogP contribution is 2.31. The molecule has 0 bridgehead atoms. The zero-order valence-corrected chi connectivity index (χ0v) is 12.8. The first kappa shape index (κ1) is 17.0. The number of hydrogen-bond donors (Lipinski definition) is 0. The minimum absolute atomic E-state index is 0.0189. The van der Waals surface area contributed by atoms with Crippen molar-refractivity contribution in [1.29, 1.82) is 0 Å². The Kier molecular flexibility index (Phi) is 7.29. The van der Waals surface area contributed by atoms with E-state index in [9.17, 15) is 9.59 Å². The molecule has 0 unspecified atom stereocenters.